The molecule has 1 heterocycles. The molecule has 0 aromatic carbocycles. The van der Waals surface area contributed by atoms with E-state index in [0.717, 1.165) is 18.2 Å². The molecule has 17 heavy (non-hydrogen) atoms. The van der Waals surface area contributed by atoms with Gasteiger partial charge in [-0.25, -0.2) is 9.78 Å². The molecule has 0 saturated heterocycles. The second-order valence-electron chi connectivity index (χ2n) is 4.15. The molecule has 0 bridgehead atoms. The summed E-state index contributed by atoms with van der Waals surface area (Å²) < 4.78 is 5.05. The highest BCUT2D eigenvalue weighted by molar-refractivity contribution is 7.13. The maximum absolute atomic E-state index is 10.8. The number of aromatic carboxylic acids is 1. The molecule has 0 amide bonds. The average Bonchev–Trinajstić information content (AvgIpc) is 2.72. The molecule has 1 aromatic rings. The number of hydrogen-bond donors (Lipinski definition) is 1. The largest absolute Gasteiger partial charge is 0.476 e. The normalized spacial score (nSPS) is 10.8. The lowest BCUT2D eigenvalue weighted by atomic mass is 10.2. The van der Waals surface area contributed by atoms with Gasteiger partial charge in [0.15, 0.2) is 10.8 Å². The molecule has 1 aromatic heterocycles. The van der Waals surface area contributed by atoms with E-state index in [0.29, 0.717) is 12.5 Å². The highest BCUT2D eigenvalue weighted by Gasteiger charge is 2.15. The molecule has 1 rings (SSSR count). The van der Waals surface area contributed by atoms with Crippen LogP contribution in [0, 0.1) is 5.92 Å². The first kappa shape index (κ1) is 13.9. The Morgan fingerprint density at radius 2 is 2.35 bits per heavy atom. The van der Waals surface area contributed by atoms with E-state index in [1.54, 1.807) is 12.5 Å². The third-order valence-electron chi connectivity index (χ3n) is 2.13. The van der Waals surface area contributed by atoms with Gasteiger partial charge < -0.3 is 14.7 Å². The van der Waals surface area contributed by atoms with E-state index in [1.165, 1.54) is 11.3 Å². The summed E-state index contributed by atoms with van der Waals surface area (Å²) in [6.45, 7) is 6.41. The number of carbonyl (C=O) groups is 1. The number of hydrogen-bond acceptors (Lipinski definition) is 5. The zero-order valence-electron chi connectivity index (χ0n) is 10.3. The summed E-state index contributed by atoms with van der Waals surface area (Å²) in [6.07, 6.45) is 0. The number of thiazole rings is 1. The van der Waals surface area contributed by atoms with Crippen molar-refractivity contribution >= 4 is 22.4 Å². The zero-order chi connectivity index (χ0) is 12.8. The number of nitrogens with zero attached hydrogens (tertiary/aromatic N) is 2. The standard InChI is InChI=1S/C11H18N2O3S/c1-8(2)6-13(4-5-16-3)11-12-9(7-17-11)10(14)15/h7-8H,4-6H2,1-3H3,(H,14,15). The van der Waals surface area contributed by atoms with Crippen LogP contribution in [0.2, 0.25) is 0 Å². The third-order valence-corrected chi connectivity index (χ3v) is 3.03. The monoisotopic (exact) mass is 258 g/mol. The SMILES string of the molecule is COCCN(CC(C)C)c1nc(C(=O)O)cs1. The molecule has 1 N–H and O–H groups in total. The van der Waals surface area contributed by atoms with Gasteiger partial charge in [-0.15, -0.1) is 11.3 Å². The van der Waals surface area contributed by atoms with E-state index in [4.69, 9.17) is 9.84 Å². The lowest BCUT2D eigenvalue weighted by molar-refractivity contribution is 0.0691. The van der Waals surface area contributed by atoms with Crippen LogP contribution in [-0.4, -0.2) is 42.9 Å². The number of carboxylic acids is 1. The van der Waals surface area contributed by atoms with Gasteiger partial charge in [0.05, 0.1) is 6.61 Å². The van der Waals surface area contributed by atoms with Gasteiger partial charge in [0.1, 0.15) is 0 Å². The van der Waals surface area contributed by atoms with Crippen LogP contribution in [0.3, 0.4) is 0 Å². The van der Waals surface area contributed by atoms with Crippen LogP contribution in [0.1, 0.15) is 24.3 Å². The van der Waals surface area contributed by atoms with Crippen LogP contribution in [0.15, 0.2) is 5.38 Å². The first-order chi connectivity index (χ1) is 8.04. The molecule has 6 heteroatoms. The van der Waals surface area contributed by atoms with Gasteiger partial charge in [0.25, 0.3) is 0 Å². The Balaban J connectivity index is 2.76. The van der Waals surface area contributed by atoms with Gasteiger partial charge in [0.2, 0.25) is 0 Å². The van der Waals surface area contributed by atoms with Crippen LogP contribution >= 0.6 is 11.3 Å². The second kappa shape index (κ2) is 6.56. The van der Waals surface area contributed by atoms with Gasteiger partial charge >= 0.3 is 5.97 Å². The quantitative estimate of drug-likeness (QED) is 0.810. The number of aromatic nitrogens is 1. The van der Waals surface area contributed by atoms with Crippen molar-refractivity contribution in [3.63, 3.8) is 0 Å². The van der Waals surface area contributed by atoms with E-state index >= 15 is 0 Å². The molecule has 0 spiro atoms. The van der Waals surface area contributed by atoms with E-state index in [9.17, 15) is 4.79 Å². The highest BCUT2D eigenvalue weighted by Crippen LogP contribution is 2.21. The molecule has 0 radical (unpaired) electrons. The van der Waals surface area contributed by atoms with Crippen molar-refractivity contribution in [3.8, 4) is 0 Å². The summed E-state index contributed by atoms with van der Waals surface area (Å²) in [4.78, 5) is 16.9. The minimum absolute atomic E-state index is 0.108. The molecule has 0 unspecified atom stereocenters. The second-order valence-corrected chi connectivity index (χ2v) is 4.99. The molecule has 0 aliphatic carbocycles. The molecule has 96 valence electrons. The van der Waals surface area contributed by atoms with Crippen LogP contribution in [-0.2, 0) is 4.74 Å². The number of ether oxygens (including phenoxy) is 1. The molecule has 5 nitrogen and oxygen atoms in total. The maximum atomic E-state index is 10.8. The lowest BCUT2D eigenvalue weighted by Gasteiger charge is -2.23. The number of rotatable bonds is 7. The van der Waals surface area contributed by atoms with Crippen molar-refractivity contribution in [2.75, 3.05) is 31.7 Å². The Labute approximate surface area is 105 Å². The van der Waals surface area contributed by atoms with E-state index in [1.807, 2.05) is 0 Å². The summed E-state index contributed by atoms with van der Waals surface area (Å²) >= 11 is 1.36. The molecule has 0 aliphatic rings. The van der Waals surface area contributed by atoms with Crippen molar-refractivity contribution in [2.24, 2.45) is 5.92 Å². The van der Waals surface area contributed by atoms with E-state index in [-0.39, 0.29) is 5.69 Å². The number of carboxylic acid groups (broad SMARTS) is 1. The minimum Gasteiger partial charge on any atom is -0.476 e. The summed E-state index contributed by atoms with van der Waals surface area (Å²) in [7, 11) is 1.65. The van der Waals surface area contributed by atoms with Crippen molar-refractivity contribution in [1.29, 1.82) is 0 Å². The first-order valence-corrected chi connectivity index (χ1v) is 6.35. The number of methoxy groups -OCH3 is 1. The van der Waals surface area contributed by atoms with Crippen molar-refractivity contribution in [2.45, 2.75) is 13.8 Å². The van der Waals surface area contributed by atoms with Crippen LogP contribution in [0.4, 0.5) is 5.13 Å². The summed E-state index contributed by atoms with van der Waals surface area (Å²) in [5.41, 5.74) is 0.108. The van der Waals surface area contributed by atoms with E-state index < -0.39 is 5.97 Å². The Hall–Kier alpha value is -1.14. The van der Waals surface area contributed by atoms with Crippen molar-refractivity contribution in [3.05, 3.63) is 11.1 Å². The molecule has 0 fully saturated rings. The van der Waals surface area contributed by atoms with E-state index in [2.05, 4.69) is 23.7 Å². The fraction of sp³-hybridized carbons (Fsp3) is 0.636. The van der Waals surface area contributed by atoms with Crippen molar-refractivity contribution in [1.82, 2.24) is 4.98 Å². The Kier molecular flexibility index (Phi) is 5.37. The Morgan fingerprint density at radius 3 is 2.82 bits per heavy atom. The summed E-state index contributed by atoms with van der Waals surface area (Å²) in [5.74, 6) is -0.493. The maximum Gasteiger partial charge on any atom is 0.355 e. The van der Waals surface area contributed by atoms with Crippen LogP contribution in [0.25, 0.3) is 0 Å². The van der Waals surface area contributed by atoms with Gasteiger partial charge in [-0.3, -0.25) is 0 Å². The molecule has 0 saturated carbocycles. The molecular weight excluding hydrogens is 240 g/mol. The predicted octanol–water partition coefficient (Wildman–Crippen LogP) is 1.95. The van der Waals surface area contributed by atoms with Crippen LogP contribution < -0.4 is 4.90 Å². The Morgan fingerprint density at radius 1 is 1.65 bits per heavy atom. The van der Waals surface area contributed by atoms with Crippen molar-refractivity contribution < 1.29 is 14.6 Å². The number of anilines is 1. The van der Waals surface area contributed by atoms with Gasteiger partial charge in [-0.05, 0) is 5.92 Å². The summed E-state index contributed by atoms with van der Waals surface area (Å²) in [5, 5.41) is 11.1. The Bertz CT molecular complexity index is 365. The predicted molar refractivity (Wildman–Crippen MR) is 68.0 cm³/mol. The zero-order valence-corrected chi connectivity index (χ0v) is 11.2. The third kappa shape index (κ3) is 4.32. The lowest BCUT2D eigenvalue weighted by Crippen LogP contribution is -2.30. The minimum atomic E-state index is -0.983. The van der Waals surface area contributed by atoms with Gasteiger partial charge in [-0.1, -0.05) is 13.8 Å². The topological polar surface area (TPSA) is 62.7 Å². The molecular formula is C11H18N2O3S. The molecule has 0 atom stereocenters. The fourth-order valence-electron chi connectivity index (χ4n) is 1.42. The molecule has 0 aliphatic heterocycles. The average molecular weight is 258 g/mol. The van der Waals surface area contributed by atoms with Gasteiger partial charge in [-0.2, -0.15) is 0 Å². The van der Waals surface area contributed by atoms with Gasteiger partial charge in [0, 0.05) is 25.6 Å². The first-order valence-electron chi connectivity index (χ1n) is 5.47. The summed E-state index contributed by atoms with van der Waals surface area (Å²) in [6, 6.07) is 0. The van der Waals surface area contributed by atoms with Crippen LogP contribution in [0.5, 0.6) is 0 Å². The fourth-order valence-corrected chi connectivity index (χ4v) is 2.25. The smallest absolute Gasteiger partial charge is 0.355 e. The highest BCUT2D eigenvalue weighted by atomic mass is 32.1.